The van der Waals surface area contributed by atoms with Gasteiger partial charge in [0.1, 0.15) is 17.3 Å². The second kappa shape index (κ2) is 8.05. The summed E-state index contributed by atoms with van der Waals surface area (Å²) in [6.45, 7) is 0.523. The Balaban J connectivity index is 1.30. The van der Waals surface area contributed by atoms with Crippen LogP contribution in [0.4, 0.5) is 0 Å². The fourth-order valence-corrected chi connectivity index (χ4v) is 5.15. The first-order chi connectivity index (χ1) is 18.1. The molecule has 7 rings (SSSR count). The Kier molecular flexibility index (Phi) is 4.65. The highest BCUT2D eigenvalue weighted by Gasteiger charge is 2.37. The van der Waals surface area contributed by atoms with E-state index in [1.54, 1.807) is 39.5 Å². The van der Waals surface area contributed by atoms with Crippen molar-refractivity contribution in [2.45, 2.75) is 12.5 Å². The van der Waals surface area contributed by atoms with Crippen molar-refractivity contribution in [2.24, 2.45) is 7.05 Å². The number of nitrogens with zero attached hydrogens (tertiary/aromatic N) is 8. The minimum absolute atomic E-state index is 0.119. The fourth-order valence-electron chi connectivity index (χ4n) is 5.15. The van der Waals surface area contributed by atoms with Crippen LogP contribution in [0.15, 0.2) is 67.6 Å². The molecule has 7 heterocycles. The Labute approximate surface area is 210 Å². The van der Waals surface area contributed by atoms with Gasteiger partial charge in [0.15, 0.2) is 0 Å². The highest BCUT2D eigenvalue weighted by atomic mass is 16.5. The van der Waals surface area contributed by atoms with E-state index in [1.165, 1.54) is 0 Å². The summed E-state index contributed by atoms with van der Waals surface area (Å²) in [7, 11) is 3.51. The molecule has 1 aliphatic rings. The molecule has 184 valence electrons. The fraction of sp³-hybridized carbons (Fsp3) is 0.192. The van der Waals surface area contributed by atoms with Crippen molar-refractivity contribution in [2.75, 3.05) is 13.7 Å². The zero-order valence-electron chi connectivity index (χ0n) is 20.2. The van der Waals surface area contributed by atoms with Crippen LogP contribution < -0.4 is 4.74 Å². The molecule has 11 nitrogen and oxygen atoms in total. The van der Waals surface area contributed by atoms with Crippen LogP contribution >= 0.6 is 0 Å². The Bertz CT molecular complexity index is 1790. The predicted octanol–water partition coefficient (Wildman–Crippen LogP) is 2.90. The average Bonchev–Trinajstić information content (AvgIpc) is 3.72. The Morgan fingerprint density at radius 1 is 1.08 bits per heavy atom. The number of imidazole rings is 1. The van der Waals surface area contributed by atoms with Gasteiger partial charge in [-0.15, -0.1) is 0 Å². The highest BCUT2D eigenvalue weighted by molar-refractivity contribution is 6.01. The molecule has 1 amide bonds. The number of hydrogen-bond donors (Lipinski definition) is 1. The van der Waals surface area contributed by atoms with Crippen LogP contribution in [-0.2, 0) is 13.5 Å². The van der Waals surface area contributed by atoms with Crippen molar-refractivity contribution in [1.29, 1.82) is 0 Å². The number of pyridine rings is 2. The maximum absolute atomic E-state index is 14.0. The van der Waals surface area contributed by atoms with Crippen molar-refractivity contribution in [3.63, 3.8) is 0 Å². The summed E-state index contributed by atoms with van der Waals surface area (Å²) in [5.74, 6) is 0.594. The van der Waals surface area contributed by atoms with Crippen LogP contribution in [0.3, 0.4) is 0 Å². The number of aryl methyl sites for hydroxylation is 1. The number of amides is 1. The monoisotopic (exact) mass is 493 g/mol. The number of fused-ring (bicyclic) bond motifs is 3. The molecular weight excluding hydrogens is 470 g/mol. The molecule has 0 bridgehead atoms. The number of ether oxygens (including phenoxy) is 1. The van der Waals surface area contributed by atoms with Gasteiger partial charge in [-0.25, -0.2) is 14.0 Å². The second-order valence-electron chi connectivity index (χ2n) is 9.10. The van der Waals surface area contributed by atoms with E-state index in [0.29, 0.717) is 24.3 Å². The van der Waals surface area contributed by atoms with Crippen LogP contribution in [0.2, 0.25) is 0 Å². The summed E-state index contributed by atoms with van der Waals surface area (Å²) in [5.41, 5.74) is 6.59. The van der Waals surface area contributed by atoms with Crippen molar-refractivity contribution >= 4 is 16.9 Å². The highest BCUT2D eigenvalue weighted by Crippen LogP contribution is 2.36. The van der Waals surface area contributed by atoms with E-state index in [2.05, 4.69) is 20.2 Å². The zero-order chi connectivity index (χ0) is 25.1. The maximum atomic E-state index is 14.0. The van der Waals surface area contributed by atoms with Gasteiger partial charge in [0, 0.05) is 55.4 Å². The van der Waals surface area contributed by atoms with E-state index in [0.717, 1.165) is 39.2 Å². The van der Waals surface area contributed by atoms with Crippen molar-refractivity contribution in [3.05, 3.63) is 90.3 Å². The first-order valence-corrected chi connectivity index (χ1v) is 11.9. The lowest BCUT2D eigenvalue weighted by molar-refractivity contribution is 0.0689. The van der Waals surface area contributed by atoms with Crippen molar-refractivity contribution < 1.29 is 9.53 Å². The van der Waals surface area contributed by atoms with E-state index < -0.39 is 6.04 Å². The van der Waals surface area contributed by atoms with Gasteiger partial charge in [0.05, 0.1) is 48.3 Å². The molecule has 0 spiro atoms. The summed E-state index contributed by atoms with van der Waals surface area (Å²) in [6.07, 6.45) is 11.5. The smallest absolute Gasteiger partial charge is 0.258 e. The summed E-state index contributed by atoms with van der Waals surface area (Å²) >= 11 is 0. The summed E-state index contributed by atoms with van der Waals surface area (Å²) in [4.78, 5) is 23.7. The predicted molar refractivity (Wildman–Crippen MR) is 134 cm³/mol. The lowest BCUT2D eigenvalue weighted by Crippen LogP contribution is -2.41. The molecule has 0 aromatic carbocycles. The summed E-state index contributed by atoms with van der Waals surface area (Å²) in [5, 5.41) is 13.6. The quantitative estimate of drug-likeness (QED) is 0.404. The molecule has 1 N–H and O–H groups in total. The standard InChI is InChI=1S/C26H23N9O2/c1-32-13-17(11-29-32)16-5-6-21-18(12-30-35(21)14-16)26(36)33-9-7-19-24(28-15-27-19)25(33)20-10-22-23(37-2)4-3-8-34(22)31-20/h3-6,8,10-15,25H,7,9H2,1-2H3,(H,27,28). The molecule has 0 fully saturated rings. The third-order valence-corrected chi connectivity index (χ3v) is 6.95. The minimum Gasteiger partial charge on any atom is -0.494 e. The molecule has 0 aliphatic carbocycles. The molecule has 1 atom stereocenters. The minimum atomic E-state index is -0.447. The number of carbonyl (C=O) groups excluding carboxylic acids is 1. The maximum Gasteiger partial charge on any atom is 0.258 e. The van der Waals surface area contributed by atoms with Gasteiger partial charge >= 0.3 is 0 Å². The Hall–Kier alpha value is -4.93. The van der Waals surface area contributed by atoms with Gasteiger partial charge in [-0.2, -0.15) is 15.3 Å². The zero-order valence-corrected chi connectivity index (χ0v) is 20.2. The number of H-pyrrole nitrogens is 1. The Morgan fingerprint density at radius 3 is 2.84 bits per heavy atom. The number of hydrogen-bond acceptors (Lipinski definition) is 6. The number of nitrogens with one attached hydrogen (secondary N) is 1. The molecule has 1 unspecified atom stereocenters. The number of aromatic nitrogens is 8. The van der Waals surface area contributed by atoms with Gasteiger partial charge in [-0.05, 0) is 24.3 Å². The Morgan fingerprint density at radius 2 is 2.00 bits per heavy atom. The molecule has 0 radical (unpaired) electrons. The van der Waals surface area contributed by atoms with E-state index in [9.17, 15) is 4.79 Å². The second-order valence-corrected chi connectivity index (χ2v) is 9.10. The average molecular weight is 494 g/mol. The van der Waals surface area contributed by atoms with Crippen LogP contribution in [0.5, 0.6) is 5.75 Å². The number of aromatic amines is 1. The number of methoxy groups -OCH3 is 1. The largest absolute Gasteiger partial charge is 0.494 e. The van der Waals surface area contributed by atoms with Crippen LogP contribution in [0.25, 0.3) is 22.2 Å². The molecule has 6 aromatic rings. The summed E-state index contributed by atoms with van der Waals surface area (Å²) < 4.78 is 10.8. The lowest BCUT2D eigenvalue weighted by atomic mass is 9.98. The molecule has 6 aromatic heterocycles. The van der Waals surface area contributed by atoms with Gasteiger partial charge in [0.25, 0.3) is 5.91 Å². The first-order valence-electron chi connectivity index (χ1n) is 11.9. The molecule has 0 saturated heterocycles. The van der Waals surface area contributed by atoms with Crippen LogP contribution in [-0.4, -0.2) is 63.4 Å². The normalized spacial score (nSPS) is 15.4. The lowest BCUT2D eigenvalue weighted by Gasteiger charge is -2.33. The van der Waals surface area contributed by atoms with Gasteiger partial charge in [-0.1, -0.05) is 6.07 Å². The first kappa shape index (κ1) is 21.4. The van der Waals surface area contributed by atoms with E-state index in [-0.39, 0.29) is 5.91 Å². The van der Waals surface area contributed by atoms with Crippen LogP contribution in [0, 0.1) is 0 Å². The van der Waals surface area contributed by atoms with E-state index in [4.69, 9.17) is 9.84 Å². The number of rotatable bonds is 4. The van der Waals surface area contributed by atoms with Crippen LogP contribution in [0.1, 0.15) is 33.5 Å². The topological polar surface area (TPSA) is 111 Å². The van der Waals surface area contributed by atoms with Gasteiger partial charge < -0.3 is 14.6 Å². The summed E-state index contributed by atoms with van der Waals surface area (Å²) in [6, 6.07) is 9.20. The molecule has 0 saturated carbocycles. The van der Waals surface area contributed by atoms with Crippen molar-refractivity contribution in [3.8, 4) is 16.9 Å². The molecular formula is C26H23N9O2. The van der Waals surface area contributed by atoms with Gasteiger partial charge in [0.2, 0.25) is 0 Å². The molecule has 11 heteroatoms. The number of carbonyl (C=O) groups is 1. The van der Waals surface area contributed by atoms with Crippen molar-refractivity contribution in [1.82, 2.24) is 43.9 Å². The van der Waals surface area contributed by atoms with E-state index in [1.807, 2.05) is 60.9 Å². The van der Waals surface area contributed by atoms with E-state index >= 15 is 0 Å². The van der Waals surface area contributed by atoms with Gasteiger partial charge in [-0.3, -0.25) is 9.48 Å². The third kappa shape index (κ3) is 3.31. The molecule has 1 aliphatic heterocycles. The third-order valence-electron chi connectivity index (χ3n) is 6.95. The SMILES string of the molecule is COc1cccn2nc(C3c4nc[nH]c4CCN3C(=O)c3cnn4cc(-c5cnn(C)c5)ccc34)cc12. The molecule has 37 heavy (non-hydrogen) atoms.